The van der Waals surface area contributed by atoms with Crippen molar-refractivity contribution in [2.24, 2.45) is 7.05 Å². The fraction of sp³-hybridized carbons (Fsp3) is 0.231. The molecule has 2 aromatic rings. The van der Waals surface area contributed by atoms with Crippen LogP contribution in [0.25, 0.3) is 11.1 Å². The van der Waals surface area contributed by atoms with Gasteiger partial charge in [-0.2, -0.15) is 5.10 Å². The number of aryl methyl sites for hydroxylation is 1. The average molecular weight is 245 g/mol. The maximum Gasteiger partial charge on any atom is 0.411 e. The molecule has 5 nitrogen and oxygen atoms in total. The molecule has 2 rings (SSSR count). The highest BCUT2D eigenvalue weighted by atomic mass is 16.5. The van der Waals surface area contributed by atoms with Gasteiger partial charge in [0.1, 0.15) is 0 Å². The first-order valence-corrected chi connectivity index (χ1v) is 5.72. The van der Waals surface area contributed by atoms with Crippen LogP contribution < -0.4 is 5.32 Å². The average Bonchev–Trinajstić information content (AvgIpc) is 2.76. The molecule has 18 heavy (non-hydrogen) atoms. The lowest BCUT2D eigenvalue weighted by Gasteiger charge is -2.06. The molecule has 0 atom stereocenters. The summed E-state index contributed by atoms with van der Waals surface area (Å²) in [7, 11) is 1.87. The lowest BCUT2D eigenvalue weighted by Crippen LogP contribution is -2.13. The Morgan fingerprint density at radius 2 is 2.28 bits per heavy atom. The predicted molar refractivity (Wildman–Crippen MR) is 69.3 cm³/mol. The second-order valence-electron chi connectivity index (χ2n) is 3.83. The van der Waals surface area contributed by atoms with Crippen molar-refractivity contribution >= 4 is 11.8 Å². The van der Waals surface area contributed by atoms with Crippen molar-refractivity contribution in [1.29, 1.82) is 0 Å². The van der Waals surface area contributed by atoms with Crippen LogP contribution in [0.4, 0.5) is 10.5 Å². The molecule has 0 aliphatic carbocycles. The zero-order valence-electron chi connectivity index (χ0n) is 10.4. The first kappa shape index (κ1) is 12.2. The van der Waals surface area contributed by atoms with E-state index in [1.54, 1.807) is 17.8 Å². The van der Waals surface area contributed by atoms with Crippen molar-refractivity contribution in [1.82, 2.24) is 9.78 Å². The molecule has 0 fully saturated rings. The van der Waals surface area contributed by atoms with Crippen LogP contribution in [0.15, 0.2) is 36.7 Å². The second-order valence-corrected chi connectivity index (χ2v) is 3.83. The van der Waals surface area contributed by atoms with E-state index in [0.717, 1.165) is 11.1 Å². The van der Waals surface area contributed by atoms with Gasteiger partial charge in [-0.3, -0.25) is 10.00 Å². The van der Waals surface area contributed by atoms with Gasteiger partial charge in [-0.05, 0) is 24.6 Å². The summed E-state index contributed by atoms with van der Waals surface area (Å²) in [4.78, 5) is 11.3. The molecule has 0 saturated heterocycles. The van der Waals surface area contributed by atoms with Gasteiger partial charge in [0.2, 0.25) is 0 Å². The van der Waals surface area contributed by atoms with E-state index in [1.807, 2.05) is 37.5 Å². The summed E-state index contributed by atoms with van der Waals surface area (Å²) in [5.74, 6) is 0. The number of anilines is 1. The topological polar surface area (TPSA) is 56.1 Å². The maximum atomic E-state index is 11.3. The summed E-state index contributed by atoms with van der Waals surface area (Å²) in [6, 6.07) is 7.54. The molecule has 0 aliphatic rings. The number of benzene rings is 1. The van der Waals surface area contributed by atoms with Crippen LogP contribution in [0.2, 0.25) is 0 Å². The number of nitrogens with zero attached hydrogens (tertiary/aromatic N) is 2. The predicted octanol–water partition coefficient (Wildman–Crippen LogP) is 2.66. The Hall–Kier alpha value is -2.30. The van der Waals surface area contributed by atoms with Crippen LogP contribution in [0.1, 0.15) is 6.92 Å². The number of hydrogen-bond donors (Lipinski definition) is 1. The Balaban J connectivity index is 2.17. The van der Waals surface area contributed by atoms with Gasteiger partial charge >= 0.3 is 6.09 Å². The molecule has 1 aromatic heterocycles. The Morgan fingerprint density at radius 3 is 2.94 bits per heavy atom. The monoisotopic (exact) mass is 245 g/mol. The van der Waals surface area contributed by atoms with Crippen LogP contribution in [-0.2, 0) is 11.8 Å². The third-order valence-corrected chi connectivity index (χ3v) is 2.42. The molecule has 0 unspecified atom stereocenters. The zero-order valence-corrected chi connectivity index (χ0v) is 10.4. The van der Waals surface area contributed by atoms with E-state index in [4.69, 9.17) is 4.74 Å². The largest absolute Gasteiger partial charge is 0.450 e. The summed E-state index contributed by atoms with van der Waals surface area (Å²) in [6.45, 7) is 2.12. The van der Waals surface area contributed by atoms with E-state index in [-0.39, 0.29) is 0 Å². The Labute approximate surface area is 105 Å². The molecule has 0 spiro atoms. The minimum atomic E-state index is -0.444. The van der Waals surface area contributed by atoms with E-state index in [0.29, 0.717) is 12.3 Å². The van der Waals surface area contributed by atoms with E-state index in [2.05, 4.69) is 10.4 Å². The quantitative estimate of drug-likeness (QED) is 0.904. The minimum absolute atomic E-state index is 0.355. The lowest BCUT2D eigenvalue weighted by atomic mass is 10.1. The number of amides is 1. The highest BCUT2D eigenvalue weighted by molar-refractivity contribution is 5.85. The van der Waals surface area contributed by atoms with Crippen LogP contribution in [0, 0.1) is 0 Å². The first-order chi connectivity index (χ1) is 8.69. The van der Waals surface area contributed by atoms with Crippen LogP contribution in [0.5, 0.6) is 0 Å². The van der Waals surface area contributed by atoms with E-state index in [1.165, 1.54) is 0 Å². The van der Waals surface area contributed by atoms with Gasteiger partial charge in [0.25, 0.3) is 0 Å². The summed E-state index contributed by atoms with van der Waals surface area (Å²) < 4.78 is 6.57. The Morgan fingerprint density at radius 1 is 1.44 bits per heavy atom. The number of carbonyl (C=O) groups is 1. The molecule has 5 heteroatoms. The summed E-state index contributed by atoms with van der Waals surface area (Å²) in [6.07, 6.45) is 3.26. The highest BCUT2D eigenvalue weighted by Crippen LogP contribution is 2.21. The fourth-order valence-corrected chi connectivity index (χ4v) is 1.63. The highest BCUT2D eigenvalue weighted by Gasteiger charge is 2.04. The van der Waals surface area contributed by atoms with Crippen LogP contribution in [-0.4, -0.2) is 22.5 Å². The van der Waals surface area contributed by atoms with Crippen molar-refractivity contribution < 1.29 is 9.53 Å². The Bertz CT molecular complexity index is 549. The zero-order chi connectivity index (χ0) is 13.0. The summed E-state index contributed by atoms with van der Waals surface area (Å²) >= 11 is 0. The van der Waals surface area contributed by atoms with E-state index in [9.17, 15) is 4.79 Å². The fourth-order valence-electron chi connectivity index (χ4n) is 1.63. The number of nitrogens with one attached hydrogen (secondary N) is 1. The van der Waals surface area contributed by atoms with Gasteiger partial charge in [-0.1, -0.05) is 12.1 Å². The summed E-state index contributed by atoms with van der Waals surface area (Å²) in [5.41, 5.74) is 2.71. The molecular weight excluding hydrogens is 230 g/mol. The van der Waals surface area contributed by atoms with Gasteiger partial charge in [0, 0.05) is 24.5 Å². The second kappa shape index (κ2) is 5.35. The molecule has 1 aromatic carbocycles. The molecule has 0 saturated carbocycles. The Kier molecular flexibility index (Phi) is 3.62. The molecule has 0 aliphatic heterocycles. The molecule has 1 N–H and O–H groups in total. The van der Waals surface area contributed by atoms with E-state index >= 15 is 0 Å². The van der Waals surface area contributed by atoms with Crippen molar-refractivity contribution in [3.8, 4) is 11.1 Å². The first-order valence-electron chi connectivity index (χ1n) is 5.72. The number of aromatic nitrogens is 2. The van der Waals surface area contributed by atoms with Gasteiger partial charge in [-0.15, -0.1) is 0 Å². The van der Waals surface area contributed by atoms with Crippen molar-refractivity contribution in [3.63, 3.8) is 0 Å². The van der Waals surface area contributed by atoms with Gasteiger partial charge in [-0.25, -0.2) is 4.79 Å². The van der Waals surface area contributed by atoms with Gasteiger partial charge in [0.05, 0.1) is 12.8 Å². The number of hydrogen-bond acceptors (Lipinski definition) is 3. The van der Waals surface area contributed by atoms with Crippen molar-refractivity contribution in [2.45, 2.75) is 6.92 Å². The third kappa shape index (κ3) is 2.88. The number of ether oxygens (including phenoxy) is 1. The molecule has 0 bridgehead atoms. The van der Waals surface area contributed by atoms with E-state index < -0.39 is 6.09 Å². The van der Waals surface area contributed by atoms with Gasteiger partial charge in [0.15, 0.2) is 0 Å². The van der Waals surface area contributed by atoms with Crippen LogP contribution in [0.3, 0.4) is 0 Å². The van der Waals surface area contributed by atoms with Gasteiger partial charge < -0.3 is 4.74 Å². The molecular formula is C13H15N3O2. The molecule has 94 valence electrons. The van der Waals surface area contributed by atoms with Crippen LogP contribution >= 0.6 is 0 Å². The standard InChI is InChI=1S/C13H15N3O2/c1-3-18-13(17)15-12-6-4-5-10(7-12)11-8-14-16(2)9-11/h4-9H,3H2,1-2H3,(H,15,17). The molecule has 0 radical (unpaired) electrons. The third-order valence-electron chi connectivity index (χ3n) is 2.42. The van der Waals surface area contributed by atoms with Crippen molar-refractivity contribution in [3.05, 3.63) is 36.7 Å². The number of carbonyl (C=O) groups excluding carboxylic acids is 1. The normalized spacial score (nSPS) is 10.1. The molecule has 1 heterocycles. The van der Waals surface area contributed by atoms with Crippen molar-refractivity contribution in [2.75, 3.05) is 11.9 Å². The smallest absolute Gasteiger partial charge is 0.411 e. The summed E-state index contributed by atoms with van der Waals surface area (Å²) in [5, 5.41) is 6.79. The maximum absolute atomic E-state index is 11.3. The number of rotatable bonds is 3. The molecule has 1 amide bonds. The lowest BCUT2D eigenvalue weighted by molar-refractivity contribution is 0.168. The SMILES string of the molecule is CCOC(=O)Nc1cccc(-c2cnn(C)c2)c1. The minimum Gasteiger partial charge on any atom is -0.450 e.